The predicted molar refractivity (Wildman–Crippen MR) is 95.0 cm³/mol. The Hall–Kier alpha value is -1.65. The van der Waals surface area contributed by atoms with Crippen LogP contribution in [0.3, 0.4) is 0 Å². The van der Waals surface area contributed by atoms with E-state index < -0.39 is 0 Å². The van der Waals surface area contributed by atoms with Crippen molar-refractivity contribution in [1.29, 1.82) is 0 Å². The number of anilines is 1. The van der Waals surface area contributed by atoms with E-state index in [1.54, 1.807) is 0 Å². The Morgan fingerprint density at radius 2 is 1.91 bits per heavy atom. The van der Waals surface area contributed by atoms with Gasteiger partial charge < -0.3 is 5.32 Å². The molecule has 0 spiro atoms. The lowest BCUT2D eigenvalue weighted by Gasteiger charge is -2.18. The van der Waals surface area contributed by atoms with Crippen molar-refractivity contribution in [2.75, 3.05) is 18.9 Å². The molecule has 0 unspecified atom stereocenters. The molecule has 0 fully saturated rings. The van der Waals surface area contributed by atoms with Crippen LogP contribution >= 0.6 is 15.9 Å². The van der Waals surface area contributed by atoms with Crippen molar-refractivity contribution in [1.82, 2.24) is 4.90 Å². The predicted octanol–water partition coefficient (Wildman–Crippen LogP) is 4.14. The van der Waals surface area contributed by atoms with Gasteiger partial charge in [-0.3, -0.25) is 9.69 Å². The molecule has 0 aliphatic rings. The molecule has 3 nitrogen and oxygen atoms in total. The number of hydrogen-bond acceptors (Lipinski definition) is 2. The van der Waals surface area contributed by atoms with Crippen LogP contribution in [0.2, 0.25) is 0 Å². The Balaban J connectivity index is 1.93. The van der Waals surface area contributed by atoms with Gasteiger partial charge in [0.15, 0.2) is 0 Å². The minimum atomic E-state index is -0.0133. The Bertz CT molecular complexity index is 670. The second-order valence-corrected chi connectivity index (χ2v) is 6.48. The molecule has 1 amide bonds. The molecule has 0 saturated carbocycles. The second-order valence-electron chi connectivity index (χ2n) is 5.63. The number of benzene rings is 2. The van der Waals surface area contributed by atoms with Gasteiger partial charge in [0.2, 0.25) is 5.91 Å². The van der Waals surface area contributed by atoms with Gasteiger partial charge in [-0.2, -0.15) is 0 Å². The first-order valence-electron chi connectivity index (χ1n) is 7.25. The topological polar surface area (TPSA) is 32.3 Å². The van der Waals surface area contributed by atoms with Gasteiger partial charge in [-0.1, -0.05) is 30.3 Å². The molecule has 2 aromatic rings. The summed E-state index contributed by atoms with van der Waals surface area (Å²) < 4.78 is 0.905. The SMILES string of the molecule is Cc1ccc(NC(=O)CN(C)Cc2ccccc2C)c(Br)c1. The Labute approximate surface area is 140 Å². The molecule has 2 aromatic carbocycles. The fourth-order valence-electron chi connectivity index (χ4n) is 2.29. The molecule has 0 aliphatic carbocycles. The van der Waals surface area contributed by atoms with Crippen molar-refractivity contribution in [3.63, 3.8) is 0 Å². The highest BCUT2D eigenvalue weighted by Gasteiger charge is 2.10. The maximum atomic E-state index is 12.2. The van der Waals surface area contributed by atoms with Crippen molar-refractivity contribution < 1.29 is 4.79 Å². The van der Waals surface area contributed by atoms with Gasteiger partial charge in [-0.25, -0.2) is 0 Å². The number of carbonyl (C=O) groups is 1. The van der Waals surface area contributed by atoms with E-state index in [-0.39, 0.29) is 5.91 Å². The van der Waals surface area contributed by atoms with Gasteiger partial charge in [-0.05, 0) is 65.6 Å². The van der Waals surface area contributed by atoms with E-state index >= 15 is 0 Å². The average molecular weight is 361 g/mol. The molecule has 0 atom stereocenters. The fourth-order valence-corrected chi connectivity index (χ4v) is 2.88. The third-order valence-corrected chi connectivity index (χ3v) is 4.17. The summed E-state index contributed by atoms with van der Waals surface area (Å²) in [6, 6.07) is 14.1. The number of nitrogens with zero attached hydrogens (tertiary/aromatic N) is 1. The average Bonchev–Trinajstić information content (AvgIpc) is 2.44. The van der Waals surface area contributed by atoms with E-state index in [1.165, 1.54) is 11.1 Å². The lowest BCUT2D eigenvalue weighted by molar-refractivity contribution is -0.117. The van der Waals surface area contributed by atoms with Crippen molar-refractivity contribution in [3.8, 4) is 0 Å². The summed E-state index contributed by atoms with van der Waals surface area (Å²) in [5.41, 5.74) is 4.45. The van der Waals surface area contributed by atoms with Crippen molar-refractivity contribution in [2.24, 2.45) is 0 Å². The van der Waals surface area contributed by atoms with E-state index in [0.717, 1.165) is 22.3 Å². The molecule has 0 heterocycles. The summed E-state index contributed by atoms with van der Waals surface area (Å²) >= 11 is 3.48. The Morgan fingerprint density at radius 3 is 2.59 bits per heavy atom. The largest absolute Gasteiger partial charge is 0.324 e. The molecular formula is C18H21BrN2O. The first-order chi connectivity index (χ1) is 10.5. The van der Waals surface area contributed by atoms with E-state index in [1.807, 2.05) is 49.2 Å². The van der Waals surface area contributed by atoms with Gasteiger partial charge in [-0.15, -0.1) is 0 Å². The zero-order valence-corrected chi connectivity index (χ0v) is 14.8. The van der Waals surface area contributed by atoms with Crippen LogP contribution in [0, 0.1) is 13.8 Å². The summed E-state index contributed by atoms with van der Waals surface area (Å²) in [5.74, 6) is -0.0133. The molecule has 4 heteroatoms. The van der Waals surface area contributed by atoms with E-state index in [9.17, 15) is 4.79 Å². The van der Waals surface area contributed by atoms with Gasteiger partial charge in [0.05, 0.1) is 12.2 Å². The molecule has 0 aromatic heterocycles. The number of halogens is 1. The van der Waals surface area contributed by atoms with Gasteiger partial charge in [0.25, 0.3) is 0 Å². The van der Waals surface area contributed by atoms with Gasteiger partial charge >= 0.3 is 0 Å². The number of carbonyl (C=O) groups excluding carboxylic acids is 1. The summed E-state index contributed by atoms with van der Waals surface area (Å²) in [6.45, 7) is 5.23. The quantitative estimate of drug-likeness (QED) is 0.868. The van der Waals surface area contributed by atoms with Crippen LogP contribution < -0.4 is 5.32 Å². The van der Waals surface area contributed by atoms with Crippen molar-refractivity contribution in [3.05, 3.63) is 63.6 Å². The zero-order chi connectivity index (χ0) is 16.1. The summed E-state index contributed by atoms with van der Waals surface area (Å²) in [5, 5.41) is 2.94. The lowest BCUT2D eigenvalue weighted by atomic mass is 10.1. The highest BCUT2D eigenvalue weighted by atomic mass is 79.9. The van der Waals surface area contributed by atoms with E-state index in [0.29, 0.717) is 6.54 Å². The minimum Gasteiger partial charge on any atom is -0.324 e. The van der Waals surface area contributed by atoms with Crippen LogP contribution in [0.15, 0.2) is 46.9 Å². The number of rotatable bonds is 5. The molecule has 0 saturated heterocycles. The summed E-state index contributed by atoms with van der Waals surface area (Å²) in [6.07, 6.45) is 0. The lowest BCUT2D eigenvalue weighted by Crippen LogP contribution is -2.30. The van der Waals surface area contributed by atoms with Gasteiger partial charge in [0, 0.05) is 11.0 Å². The van der Waals surface area contributed by atoms with Gasteiger partial charge in [0.1, 0.15) is 0 Å². The highest BCUT2D eigenvalue weighted by molar-refractivity contribution is 9.10. The standard InChI is InChI=1S/C18H21BrN2O/c1-13-8-9-17(16(19)10-13)20-18(22)12-21(3)11-15-7-5-4-6-14(15)2/h4-10H,11-12H2,1-3H3,(H,20,22). The number of aryl methyl sites for hydroxylation is 2. The first-order valence-corrected chi connectivity index (χ1v) is 8.04. The number of nitrogens with one attached hydrogen (secondary N) is 1. The van der Waals surface area contributed by atoms with Crippen molar-refractivity contribution >= 4 is 27.5 Å². The highest BCUT2D eigenvalue weighted by Crippen LogP contribution is 2.23. The normalized spacial score (nSPS) is 10.8. The second kappa shape index (κ2) is 7.56. The molecule has 22 heavy (non-hydrogen) atoms. The van der Waals surface area contributed by atoms with Crippen LogP contribution in [0.25, 0.3) is 0 Å². The van der Waals surface area contributed by atoms with Crippen LogP contribution in [0.1, 0.15) is 16.7 Å². The van der Waals surface area contributed by atoms with Crippen molar-refractivity contribution in [2.45, 2.75) is 20.4 Å². The number of amides is 1. The number of hydrogen-bond donors (Lipinski definition) is 1. The zero-order valence-electron chi connectivity index (χ0n) is 13.2. The monoisotopic (exact) mass is 360 g/mol. The Kier molecular flexibility index (Phi) is 5.75. The molecular weight excluding hydrogens is 340 g/mol. The third kappa shape index (κ3) is 4.68. The van der Waals surface area contributed by atoms with Crippen LogP contribution in [0.5, 0.6) is 0 Å². The first kappa shape index (κ1) is 16.7. The smallest absolute Gasteiger partial charge is 0.238 e. The van der Waals surface area contributed by atoms with Crippen LogP contribution in [0.4, 0.5) is 5.69 Å². The van der Waals surface area contributed by atoms with Crippen LogP contribution in [-0.2, 0) is 11.3 Å². The van der Waals surface area contributed by atoms with E-state index in [4.69, 9.17) is 0 Å². The third-order valence-electron chi connectivity index (χ3n) is 3.51. The molecule has 2 rings (SSSR count). The maximum Gasteiger partial charge on any atom is 0.238 e. The molecule has 0 bridgehead atoms. The molecule has 0 aliphatic heterocycles. The minimum absolute atomic E-state index is 0.0133. The molecule has 1 N–H and O–H groups in total. The van der Waals surface area contributed by atoms with E-state index in [2.05, 4.69) is 40.3 Å². The maximum absolute atomic E-state index is 12.2. The molecule has 116 valence electrons. The number of likely N-dealkylation sites (N-methyl/N-ethyl adjacent to an activating group) is 1. The summed E-state index contributed by atoms with van der Waals surface area (Å²) in [4.78, 5) is 14.2. The molecule has 0 radical (unpaired) electrons. The Morgan fingerprint density at radius 1 is 1.18 bits per heavy atom. The fraction of sp³-hybridized carbons (Fsp3) is 0.278. The van der Waals surface area contributed by atoms with Crippen LogP contribution in [-0.4, -0.2) is 24.4 Å². The summed E-state index contributed by atoms with van der Waals surface area (Å²) in [7, 11) is 1.95.